The van der Waals surface area contributed by atoms with E-state index >= 15 is 0 Å². The van der Waals surface area contributed by atoms with Gasteiger partial charge in [-0.2, -0.15) is 0 Å². The number of carbonyl (C=O) groups is 1. The van der Waals surface area contributed by atoms with Crippen molar-refractivity contribution in [3.63, 3.8) is 0 Å². The van der Waals surface area contributed by atoms with Gasteiger partial charge in [-0.3, -0.25) is 10.2 Å². The Kier molecular flexibility index (Phi) is 3.96. The van der Waals surface area contributed by atoms with E-state index in [1.54, 1.807) is 6.07 Å². The number of amides is 1. The fourth-order valence-corrected chi connectivity index (χ4v) is 3.20. The van der Waals surface area contributed by atoms with Crippen molar-refractivity contribution >= 4 is 43.5 Å². The minimum absolute atomic E-state index is 0.0758. The summed E-state index contributed by atoms with van der Waals surface area (Å²) in [4.78, 5) is 13.3. The topological polar surface area (TPSA) is 75.3 Å². The quantitative estimate of drug-likeness (QED) is 0.811. The van der Waals surface area contributed by atoms with Crippen LogP contribution in [-0.2, 0) is 14.8 Å². The minimum Gasteiger partial charge on any atom is -0.277 e. The Morgan fingerprint density at radius 3 is 2.61 bits per heavy atom. The number of sulfonamides is 1. The van der Waals surface area contributed by atoms with E-state index in [-0.39, 0.29) is 21.7 Å². The molecule has 1 fully saturated rings. The van der Waals surface area contributed by atoms with E-state index in [1.807, 2.05) is 4.83 Å². The van der Waals surface area contributed by atoms with E-state index in [4.69, 9.17) is 11.6 Å². The molecule has 1 aromatic rings. The van der Waals surface area contributed by atoms with Crippen molar-refractivity contribution in [2.45, 2.75) is 17.7 Å². The lowest BCUT2D eigenvalue weighted by Gasteiger charge is -2.09. The van der Waals surface area contributed by atoms with Gasteiger partial charge in [0.25, 0.3) is 10.0 Å². The number of hydrogen-bond acceptors (Lipinski definition) is 3. The first-order valence-corrected chi connectivity index (χ1v) is 7.82. The van der Waals surface area contributed by atoms with Crippen molar-refractivity contribution in [1.29, 1.82) is 0 Å². The van der Waals surface area contributed by atoms with Crippen LogP contribution in [-0.4, -0.2) is 14.3 Å². The molecule has 1 amide bonds. The summed E-state index contributed by atoms with van der Waals surface area (Å²) in [6.45, 7) is 0. The van der Waals surface area contributed by atoms with Gasteiger partial charge in [-0.05, 0) is 31.0 Å². The van der Waals surface area contributed by atoms with Gasteiger partial charge >= 0.3 is 0 Å². The van der Waals surface area contributed by atoms with Gasteiger partial charge in [-0.25, -0.2) is 8.42 Å². The van der Waals surface area contributed by atoms with Crippen LogP contribution in [0.2, 0.25) is 5.02 Å². The third kappa shape index (κ3) is 3.23. The smallest absolute Gasteiger partial charge is 0.258 e. The van der Waals surface area contributed by atoms with Crippen LogP contribution in [0.1, 0.15) is 12.8 Å². The average molecular weight is 354 g/mol. The Morgan fingerprint density at radius 2 is 2.06 bits per heavy atom. The van der Waals surface area contributed by atoms with E-state index in [1.165, 1.54) is 12.1 Å². The van der Waals surface area contributed by atoms with E-state index < -0.39 is 10.0 Å². The average Bonchev–Trinajstić information content (AvgIpc) is 3.09. The molecule has 2 N–H and O–H groups in total. The molecule has 0 saturated heterocycles. The van der Waals surface area contributed by atoms with Crippen molar-refractivity contribution in [2.24, 2.45) is 5.92 Å². The largest absolute Gasteiger partial charge is 0.277 e. The molecule has 18 heavy (non-hydrogen) atoms. The molecule has 1 saturated carbocycles. The molecule has 0 unspecified atom stereocenters. The third-order valence-electron chi connectivity index (χ3n) is 2.44. The first kappa shape index (κ1) is 13.8. The summed E-state index contributed by atoms with van der Waals surface area (Å²) < 4.78 is 24.4. The zero-order valence-corrected chi connectivity index (χ0v) is 12.3. The maximum atomic E-state index is 11.9. The second kappa shape index (κ2) is 5.16. The number of nitrogens with one attached hydrogen (secondary N) is 2. The summed E-state index contributed by atoms with van der Waals surface area (Å²) in [5.41, 5.74) is 2.18. The van der Waals surface area contributed by atoms with Crippen LogP contribution in [0, 0.1) is 5.92 Å². The van der Waals surface area contributed by atoms with Crippen molar-refractivity contribution in [3.8, 4) is 0 Å². The molecule has 1 aliphatic carbocycles. The maximum absolute atomic E-state index is 11.9. The van der Waals surface area contributed by atoms with Gasteiger partial charge in [-0.1, -0.05) is 27.5 Å². The van der Waals surface area contributed by atoms with Crippen LogP contribution >= 0.6 is 27.5 Å². The van der Waals surface area contributed by atoms with Crippen molar-refractivity contribution in [1.82, 2.24) is 10.3 Å². The molecule has 8 heteroatoms. The molecular weight excluding hydrogens is 344 g/mol. The highest BCUT2D eigenvalue weighted by atomic mass is 79.9. The molecule has 5 nitrogen and oxygen atoms in total. The first-order chi connectivity index (χ1) is 8.40. The van der Waals surface area contributed by atoms with Gasteiger partial charge < -0.3 is 0 Å². The van der Waals surface area contributed by atoms with Crippen LogP contribution in [0.15, 0.2) is 27.6 Å². The Balaban J connectivity index is 2.12. The third-order valence-corrected chi connectivity index (χ3v) is 4.66. The summed E-state index contributed by atoms with van der Waals surface area (Å²) in [5, 5.41) is 0.0811. The molecule has 98 valence electrons. The van der Waals surface area contributed by atoms with Crippen LogP contribution in [0.25, 0.3) is 0 Å². The molecule has 0 bridgehead atoms. The molecular formula is C10H10BrClN2O3S. The van der Waals surface area contributed by atoms with E-state index in [0.29, 0.717) is 4.47 Å². The van der Waals surface area contributed by atoms with E-state index in [0.717, 1.165) is 12.8 Å². The maximum Gasteiger partial charge on any atom is 0.258 e. The SMILES string of the molecule is O=C(NNS(=O)(=O)c1ccc(Br)cc1Cl)C1CC1. The molecule has 2 rings (SSSR count). The predicted molar refractivity (Wildman–Crippen MR) is 70.3 cm³/mol. The minimum atomic E-state index is -3.84. The van der Waals surface area contributed by atoms with Gasteiger partial charge in [0, 0.05) is 10.4 Å². The molecule has 0 radical (unpaired) electrons. The number of benzene rings is 1. The van der Waals surface area contributed by atoms with Gasteiger partial charge in [0.05, 0.1) is 5.02 Å². The normalized spacial score (nSPS) is 15.4. The summed E-state index contributed by atoms with van der Waals surface area (Å²) in [7, 11) is -3.84. The predicted octanol–water partition coefficient (Wildman–Crippen LogP) is 1.82. The number of halogens is 2. The van der Waals surface area contributed by atoms with Crippen molar-refractivity contribution in [3.05, 3.63) is 27.7 Å². The van der Waals surface area contributed by atoms with Crippen LogP contribution in [0.4, 0.5) is 0 Å². The van der Waals surface area contributed by atoms with Gasteiger partial charge in [0.2, 0.25) is 5.91 Å². The van der Waals surface area contributed by atoms with Crippen LogP contribution < -0.4 is 10.3 Å². The molecule has 0 atom stereocenters. The van der Waals surface area contributed by atoms with Crippen molar-refractivity contribution in [2.75, 3.05) is 0 Å². The molecule has 1 aromatic carbocycles. The van der Waals surface area contributed by atoms with E-state index in [9.17, 15) is 13.2 Å². The van der Waals surface area contributed by atoms with E-state index in [2.05, 4.69) is 21.4 Å². The number of rotatable bonds is 4. The zero-order chi connectivity index (χ0) is 13.3. The lowest BCUT2D eigenvalue weighted by Crippen LogP contribution is -2.42. The second-order valence-electron chi connectivity index (χ2n) is 3.94. The number of hydrazine groups is 1. The van der Waals surface area contributed by atoms with Crippen LogP contribution in [0.5, 0.6) is 0 Å². The first-order valence-electron chi connectivity index (χ1n) is 5.17. The Morgan fingerprint density at radius 1 is 1.39 bits per heavy atom. The Bertz CT molecular complexity index is 587. The highest BCUT2D eigenvalue weighted by Gasteiger charge is 2.30. The summed E-state index contributed by atoms with van der Waals surface area (Å²) in [6, 6.07) is 4.39. The molecule has 0 spiro atoms. The fraction of sp³-hybridized carbons (Fsp3) is 0.300. The molecule has 0 heterocycles. The highest BCUT2D eigenvalue weighted by molar-refractivity contribution is 9.10. The second-order valence-corrected chi connectivity index (χ2v) is 6.92. The lowest BCUT2D eigenvalue weighted by molar-refractivity contribution is -0.122. The van der Waals surface area contributed by atoms with Crippen LogP contribution in [0.3, 0.4) is 0 Å². The monoisotopic (exact) mass is 352 g/mol. The number of carbonyl (C=O) groups excluding carboxylic acids is 1. The Hall–Kier alpha value is -0.630. The highest BCUT2D eigenvalue weighted by Crippen LogP contribution is 2.29. The molecule has 0 aliphatic heterocycles. The standard InChI is InChI=1S/C10H10BrClN2O3S/c11-7-3-4-9(8(12)5-7)18(16,17)14-13-10(15)6-1-2-6/h3-6,14H,1-2H2,(H,13,15). The fourth-order valence-electron chi connectivity index (χ4n) is 1.31. The summed E-state index contributed by atoms with van der Waals surface area (Å²) in [5.74, 6) is -0.389. The van der Waals surface area contributed by atoms with Gasteiger partial charge in [0.15, 0.2) is 0 Å². The van der Waals surface area contributed by atoms with Crippen molar-refractivity contribution < 1.29 is 13.2 Å². The Labute approximate surface area is 118 Å². The molecule has 1 aliphatic rings. The molecule has 0 aromatic heterocycles. The summed E-state index contributed by atoms with van der Waals surface area (Å²) >= 11 is 9.03. The van der Waals surface area contributed by atoms with Gasteiger partial charge in [-0.15, -0.1) is 4.83 Å². The van der Waals surface area contributed by atoms with Gasteiger partial charge in [0.1, 0.15) is 4.90 Å². The lowest BCUT2D eigenvalue weighted by atomic mass is 10.4. The summed E-state index contributed by atoms with van der Waals surface area (Å²) in [6.07, 6.45) is 1.60. The number of hydrogen-bond donors (Lipinski definition) is 2. The zero-order valence-electron chi connectivity index (χ0n) is 9.11.